The van der Waals surface area contributed by atoms with Crippen LogP contribution in [0.3, 0.4) is 0 Å². The number of rotatable bonds is 4. The van der Waals surface area contributed by atoms with Crippen LogP contribution < -0.4 is 0 Å². The topological polar surface area (TPSA) is 56.5 Å². The Morgan fingerprint density at radius 2 is 2.20 bits per heavy atom. The minimum absolute atomic E-state index is 0.251. The molecule has 1 heterocycles. The molecule has 0 spiro atoms. The number of nitrogens with zero attached hydrogens (tertiary/aromatic N) is 3. The van der Waals surface area contributed by atoms with Crippen molar-refractivity contribution in [2.24, 2.45) is 5.16 Å². The third-order valence-electron chi connectivity index (χ3n) is 2.37. The smallest absolute Gasteiger partial charge is 0.278 e. The van der Waals surface area contributed by atoms with E-state index in [1.807, 2.05) is 6.92 Å². The average Bonchev–Trinajstić information content (AvgIpc) is 2.81. The SMILES string of the molecule is CCON=Cc1nn(C(=O)c2ccc(Cl)cc2)cc1Br. The lowest BCUT2D eigenvalue weighted by atomic mass is 10.2. The highest BCUT2D eigenvalue weighted by Gasteiger charge is 2.12. The van der Waals surface area contributed by atoms with Crippen molar-refractivity contribution in [1.29, 1.82) is 0 Å². The number of aromatic nitrogens is 2. The highest BCUT2D eigenvalue weighted by molar-refractivity contribution is 9.10. The maximum Gasteiger partial charge on any atom is 0.278 e. The van der Waals surface area contributed by atoms with Gasteiger partial charge in [0.2, 0.25) is 0 Å². The van der Waals surface area contributed by atoms with E-state index in [1.165, 1.54) is 10.9 Å². The van der Waals surface area contributed by atoms with Gasteiger partial charge in [0.15, 0.2) is 0 Å². The molecular formula is C13H11BrClN3O2. The first-order chi connectivity index (χ1) is 9.61. The van der Waals surface area contributed by atoms with E-state index in [4.69, 9.17) is 16.4 Å². The summed E-state index contributed by atoms with van der Waals surface area (Å²) in [5.74, 6) is -0.251. The van der Waals surface area contributed by atoms with Crippen LogP contribution in [-0.4, -0.2) is 28.5 Å². The van der Waals surface area contributed by atoms with Crippen molar-refractivity contribution in [2.45, 2.75) is 6.92 Å². The molecule has 0 bridgehead atoms. The zero-order valence-corrected chi connectivity index (χ0v) is 12.9. The fraction of sp³-hybridized carbons (Fsp3) is 0.154. The molecule has 0 saturated carbocycles. The molecule has 1 aromatic carbocycles. The monoisotopic (exact) mass is 355 g/mol. The molecule has 104 valence electrons. The number of carbonyl (C=O) groups is 1. The normalized spacial score (nSPS) is 10.9. The maximum atomic E-state index is 12.2. The number of oxime groups is 1. The van der Waals surface area contributed by atoms with Gasteiger partial charge in [-0.2, -0.15) is 5.10 Å². The lowest BCUT2D eigenvalue weighted by Gasteiger charge is -2.00. The first-order valence-corrected chi connectivity index (χ1v) is 6.99. The third-order valence-corrected chi connectivity index (χ3v) is 3.24. The van der Waals surface area contributed by atoms with Crippen LogP contribution in [0.5, 0.6) is 0 Å². The first kappa shape index (κ1) is 14.7. The van der Waals surface area contributed by atoms with Crippen molar-refractivity contribution in [1.82, 2.24) is 9.78 Å². The molecule has 0 saturated heterocycles. The largest absolute Gasteiger partial charge is 0.396 e. The lowest BCUT2D eigenvalue weighted by Crippen LogP contribution is -2.12. The Kier molecular flexibility index (Phi) is 4.92. The maximum absolute atomic E-state index is 12.2. The van der Waals surface area contributed by atoms with E-state index in [0.29, 0.717) is 27.4 Å². The van der Waals surface area contributed by atoms with Gasteiger partial charge in [-0.1, -0.05) is 16.8 Å². The molecule has 0 N–H and O–H groups in total. The molecule has 0 radical (unpaired) electrons. The van der Waals surface area contributed by atoms with Crippen molar-refractivity contribution in [3.8, 4) is 0 Å². The first-order valence-electron chi connectivity index (χ1n) is 5.82. The standard InChI is InChI=1S/C13H11BrClN3O2/c1-2-20-16-7-12-11(14)8-18(17-12)13(19)9-3-5-10(15)6-4-9/h3-8H,2H2,1H3. The molecule has 0 atom stereocenters. The van der Waals surface area contributed by atoms with Gasteiger partial charge in [-0.25, -0.2) is 4.68 Å². The molecule has 0 aliphatic heterocycles. The van der Waals surface area contributed by atoms with E-state index in [9.17, 15) is 4.79 Å². The quantitative estimate of drug-likeness (QED) is 0.623. The van der Waals surface area contributed by atoms with Gasteiger partial charge in [0.25, 0.3) is 5.91 Å². The highest BCUT2D eigenvalue weighted by Crippen LogP contribution is 2.15. The van der Waals surface area contributed by atoms with Crippen molar-refractivity contribution >= 4 is 39.7 Å². The van der Waals surface area contributed by atoms with E-state index in [0.717, 1.165) is 0 Å². The summed E-state index contributed by atoms with van der Waals surface area (Å²) in [5, 5.41) is 8.43. The van der Waals surface area contributed by atoms with Crippen LogP contribution in [0, 0.1) is 0 Å². The number of hydrogen-bond acceptors (Lipinski definition) is 4. The summed E-state index contributed by atoms with van der Waals surface area (Å²) < 4.78 is 1.89. The molecule has 0 aliphatic carbocycles. The summed E-state index contributed by atoms with van der Waals surface area (Å²) in [5.41, 5.74) is 1.01. The van der Waals surface area contributed by atoms with Crippen LogP contribution in [0.4, 0.5) is 0 Å². The van der Waals surface area contributed by atoms with Crippen molar-refractivity contribution in [3.05, 3.63) is 51.2 Å². The van der Waals surface area contributed by atoms with Gasteiger partial charge >= 0.3 is 0 Å². The predicted octanol–water partition coefficient (Wildman–Crippen LogP) is 3.36. The van der Waals surface area contributed by atoms with Crippen LogP contribution in [0.15, 0.2) is 40.1 Å². The van der Waals surface area contributed by atoms with Crippen LogP contribution in [0.25, 0.3) is 0 Å². The minimum atomic E-state index is -0.251. The Morgan fingerprint density at radius 1 is 1.50 bits per heavy atom. The highest BCUT2D eigenvalue weighted by atomic mass is 79.9. The van der Waals surface area contributed by atoms with Crippen LogP contribution in [-0.2, 0) is 4.84 Å². The molecule has 2 rings (SSSR count). The van der Waals surface area contributed by atoms with Crippen LogP contribution >= 0.6 is 27.5 Å². The Balaban J connectivity index is 2.23. The van der Waals surface area contributed by atoms with Gasteiger partial charge in [0.05, 0.1) is 10.7 Å². The zero-order valence-electron chi connectivity index (χ0n) is 10.6. The van der Waals surface area contributed by atoms with E-state index < -0.39 is 0 Å². The number of hydrogen-bond donors (Lipinski definition) is 0. The summed E-state index contributed by atoms with van der Waals surface area (Å²) in [6, 6.07) is 6.61. The van der Waals surface area contributed by atoms with E-state index in [-0.39, 0.29) is 5.91 Å². The number of benzene rings is 1. The van der Waals surface area contributed by atoms with E-state index >= 15 is 0 Å². The summed E-state index contributed by atoms with van der Waals surface area (Å²) in [7, 11) is 0. The second-order valence-electron chi connectivity index (χ2n) is 3.77. The van der Waals surface area contributed by atoms with Crippen LogP contribution in [0.1, 0.15) is 23.0 Å². The Labute approximate surface area is 129 Å². The third kappa shape index (κ3) is 3.46. The van der Waals surface area contributed by atoms with Gasteiger partial charge in [-0.05, 0) is 47.1 Å². The Hall–Kier alpha value is -1.66. The van der Waals surface area contributed by atoms with Gasteiger partial charge in [0.1, 0.15) is 12.3 Å². The Bertz CT molecular complexity index is 638. The summed E-state index contributed by atoms with van der Waals surface area (Å²) in [6.45, 7) is 2.30. The molecule has 7 heteroatoms. The van der Waals surface area contributed by atoms with Crippen LogP contribution in [0.2, 0.25) is 5.02 Å². The predicted molar refractivity (Wildman–Crippen MR) is 80.3 cm³/mol. The molecule has 20 heavy (non-hydrogen) atoms. The molecule has 1 aromatic heterocycles. The fourth-order valence-electron chi connectivity index (χ4n) is 1.44. The van der Waals surface area contributed by atoms with Gasteiger partial charge in [-0.15, -0.1) is 0 Å². The molecule has 0 fully saturated rings. The minimum Gasteiger partial charge on any atom is -0.396 e. The molecule has 0 unspecified atom stereocenters. The lowest BCUT2D eigenvalue weighted by molar-refractivity contribution is 0.0945. The van der Waals surface area contributed by atoms with Gasteiger partial charge in [0, 0.05) is 16.8 Å². The fourth-order valence-corrected chi connectivity index (χ4v) is 1.95. The van der Waals surface area contributed by atoms with E-state index in [1.54, 1.807) is 30.5 Å². The van der Waals surface area contributed by atoms with Crippen molar-refractivity contribution in [3.63, 3.8) is 0 Å². The second-order valence-corrected chi connectivity index (χ2v) is 5.06. The second kappa shape index (κ2) is 6.67. The van der Waals surface area contributed by atoms with E-state index in [2.05, 4.69) is 26.2 Å². The van der Waals surface area contributed by atoms with Crippen molar-refractivity contribution < 1.29 is 9.63 Å². The number of halogens is 2. The summed E-state index contributed by atoms with van der Waals surface area (Å²) >= 11 is 9.11. The zero-order chi connectivity index (χ0) is 14.5. The molecule has 5 nitrogen and oxygen atoms in total. The van der Waals surface area contributed by atoms with Gasteiger partial charge < -0.3 is 4.84 Å². The molecule has 0 aliphatic rings. The van der Waals surface area contributed by atoms with Gasteiger partial charge in [-0.3, -0.25) is 4.79 Å². The molecular weight excluding hydrogens is 346 g/mol. The summed E-state index contributed by atoms with van der Waals surface area (Å²) in [6.07, 6.45) is 3.02. The summed E-state index contributed by atoms with van der Waals surface area (Å²) in [4.78, 5) is 17.1. The Morgan fingerprint density at radius 3 is 2.85 bits per heavy atom. The molecule has 0 amide bonds. The number of carbonyl (C=O) groups excluding carboxylic acids is 1. The van der Waals surface area contributed by atoms with Crippen molar-refractivity contribution in [2.75, 3.05) is 6.61 Å². The average molecular weight is 357 g/mol. The molecule has 2 aromatic rings.